The molecule has 0 aliphatic heterocycles. The van der Waals surface area contributed by atoms with E-state index in [9.17, 15) is 43.2 Å². The Kier molecular flexibility index (Phi) is 70.9. The fourth-order valence-corrected chi connectivity index (χ4v) is 14.2. The summed E-state index contributed by atoms with van der Waals surface area (Å²) in [4.78, 5) is 72.9. The fraction of sp³-hybridized carbons (Fsp3) is 0.951. The van der Waals surface area contributed by atoms with Crippen molar-refractivity contribution in [3.05, 3.63) is 0 Å². The minimum absolute atomic E-state index is 0.105. The van der Waals surface area contributed by atoms with Crippen LogP contribution in [0.2, 0.25) is 0 Å². The number of unbranched alkanes of at least 4 members (excludes halogenated alkanes) is 47. The highest BCUT2D eigenvalue weighted by Gasteiger charge is 2.30. The SMILES string of the molecule is CCCCCCCCCC(=O)OC[C@H](COP(=O)(O)OC[C@H](O)COP(=O)(O)OC[C@@H](COC(=O)CCCCCCCCCCCCCCCCCCCCC(C)C)OC(=O)CCCCCCCCCCCCCCCCCCCCC(C)C)OC(=O)CCCCCCCCCCC(C)CC. The molecule has 600 valence electrons. The van der Waals surface area contributed by atoms with Gasteiger partial charge >= 0.3 is 39.5 Å². The van der Waals surface area contributed by atoms with E-state index in [4.69, 9.17) is 37.0 Å². The van der Waals surface area contributed by atoms with Crippen LogP contribution in [-0.4, -0.2) is 96.7 Å². The van der Waals surface area contributed by atoms with Gasteiger partial charge in [0.2, 0.25) is 0 Å². The third kappa shape index (κ3) is 74.7. The summed E-state index contributed by atoms with van der Waals surface area (Å²) in [5.41, 5.74) is 0. The van der Waals surface area contributed by atoms with Gasteiger partial charge in [-0.2, -0.15) is 0 Å². The molecule has 0 rings (SSSR count). The second-order valence-corrected chi connectivity index (χ2v) is 33.6. The first-order chi connectivity index (χ1) is 48.8. The lowest BCUT2D eigenvalue weighted by Crippen LogP contribution is -2.30. The van der Waals surface area contributed by atoms with Crippen molar-refractivity contribution in [3.63, 3.8) is 0 Å². The largest absolute Gasteiger partial charge is 0.472 e. The molecule has 0 fully saturated rings. The van der Waals surface area contributed by atoms with E-state index in [1.54, 1.807) is 0 Å². The van der Waals surface area contributed by atoms with Crippen LogP contribution in [0, 0.1) is 17.8 Å². The maximum atomic E-state index is 13.1. The number of aliphatic hydroxyl groups excluding tert-OH is 1. The number of phosphoric ester groups is 2. The number of aliphatic hydroxyl groups is 1. The highest BCUT2D eigenvalue weighted by molar-refractivity contribution is 7.47. The molecule has 101 heavy (non-hydrogen) atoms. The minimum atomic E-state index is -4.96. The first-order valence-corrected chi connectivity index (χ1v) is 45.4. The maximum Gasteiger partial charge on any atom is 0.472 e. The molecule has 0 amide bonds. The highest BCUT2D eigenvalue weighted by Crippen LogP contribution is 2.45. The zero-order valence-corrected chi connectivity index (χ0v) is 68.2. The molecular weight excluding hydrogens is 1320 g/mol. The Morgan fingerprint density at radius 3 is 0.752 bits per heavy atom. The van der Waals surface area contributed by atoms with Gasteiger partial charge in [0.25, 0.3) is 0 Å². The van der Waals surface area contributed by atoms with Crippen molar-refractivity contribution in [3.8, 4) is 0 Å². The molecular formula is C82H160O17P2. The van der Waals surface area contributed by atoms with Crippen molar-refractivity contribution in [2.24, 2.45) is 17.8 Å². The molecule has 0 saturated heterocycles. The Balaban J connectivity index is 5.15. The predicted octanol–water partition coefficient (Wildman–Crippen LogP) is 24.5. The van der Waals surface area contributed by atoms with Crippen LogP contribution >= 0.6 is 15.6 Å². The Hall–Kier alpha value is -1.94. The van der Waals surface area contributed by atoms with Gasteiger partial charge in [-0.15, -0.1) is 0 Å². The van der Waals surface area contributed by atoms with Crippen molar-refractivity contribution in [1.82, 2.24) is 0 Å². The standard InChI is InChI=1S/C82H160O17P2/c1-8-10-11-12-39-49-56-63-79(84)92-69-77(99-82(87)66-59-52-45-38-37-42-48-55-62-75(7)9-2)71-96-100(88,89)94-67-76(83)68-95-101(90,91)97-72-78(98-81(86)65-58-51-44-36-32-28-24-20-16-14-18-22-26-30-34-41-47-54-61-74(5)6)70-93-80(85)64-57-50-43-35-31-27-23-19-15-13-17-21-25-29-33-40-46-53-60-73(3)4/h73-78,83H,8-72H2,1-7H3,(H,88,89)(H,90,91)/t75?,76-,77+,78+/m0/s1. The van der Waals surface area contributed by atoms with Gasteiger partial charge < -0.3 is 33.8 Å². The van der Waals surface area contributed by atoms with E-state index in [0.29, 0.717) is 25.7 Å². The van der Waals surface area contributed by atoms with E-state index in [2.05, 4.69) is 48.5 Å². The van der Waals surface area contributed by atoms with Crippen LogP contribution < -0.4 is 0 Å². The summed E-state index contributed by atoms with van der Waals surface area (Å²) < 4.78 is 68.6. The van der Waals surface area contributed by atoms with Crippen LogP contribution in [0.1, 0.15) is 427 Å². The molecule has 17 nitrogen and oxygen atoms in total. The predicted molar refractivity (Wildman–Crippen MR) is 414 cm³/mol. The van der Waals surface area contributed by atoms with Crippen LogP contribution in [0.25, 0.3) is 0 Å². The van der Waals surface area contributed by atoms with Gasteiger partial charge in [-0.25, -0.2) is 9.13 Å². The minimum Gasteiger partial charge on any atom is -0.462 e. The molecule has 0 aromatic heterocycles. The fourth-order valence-electron chi connectivity index (χ4n) is 12.6. The quantitative estimate of drug-likeness (QED) is 0.0222. The Bertz CT molecular complexity index is 1960. The molecule has 0 heterocycles. The van der Waals surface area contributed by atoms with Gasteiger partial charge in [0.15, 0.2) is 12.2 Å². The van der Waals surface area contributed by atoms with E-state index in [-0.39, 0.29) is 25.7 Å². The molecule has 19 heteroatoms. The number of carbonyl (C=O) groups excluding carboxylic acids is 4. The molecule has 0 spiro atoms. The zero-order valence-electron chi connectivity index (χ0n) is 66.4. The molecule has 3 unspecified atom stereocenters. The van der Waals surface area contributed by atoms with E-state index >= 15 is 0 Å². The van der Waals surface area contributed by atoms with Crippen LogP contribution in [0.4, 0.5) is 0 Å². The van der Waals surface area contributed by atoms with Crippen molar-refractivity contribution in [2.45, 2.75) is 446 Å². The average Bonchev–Trinajstić information content (AvgIpc) is 2.15. The summed E-state index contributed by atoms with van der Waals surface area (Å²) in [6.07, 6.45) is 61.4. The second-order valence-electron chi connectivity index (χ2n) is 30.7. The third-order valence-corrected chi connectivity index (χ3v) is 21.4. The maximum absolute atomic E-state index is 13.1. The monoisotopic (exact) mass is 1480 g/mol. The lowest BCUT2D eigenvalue weighted by atomic mass is 9.99. The van der Waals surface area contributed by atoms with Crippen molar-refractivity contribution in [1.29, 1.82) is 0 Å². The number of carbonyl (C=O) groups is 4. The Morgan fingerprint density at radius 1 is 0.287 bits per heavy atom. The summed E-state index contributed by atoms with van der Waals surface area (Å²) in [5, 5.41) is 10.6. The average molecular weight is 1480 g/mol. The van der Waals surface area contributed by atoms with Gasteiger partial charge in [-0.3, -0.25) is 37.3 Å². The molecule has 0 bridgehead atoms. The van der Waals surface area contributed by atoms with Gasteiger partial charge in [0, 0.05) is 25.7 Å². The number of rotatable bonds is 80. The van der Waals surface area contributed by atoms with Crippen LogP contribution in [0.3, 0.4) is 0 Å². The highest BCUT2D eigenvalue weighted by atomic mass is 31.2. The van der Waals surface area contributed by atoms with Crippen molar-refractivity contribution < 1.29 is 80.2 Å². The van der Waals surface area contributed by atoms with Gasteiger partial charge in [0.1, 0.15) is 19.3 Å². The Morgan fingerprint density at radius 2 is 0.505 bits per heavy atom. The Labute approximate surface area is 619 Å². The first kappa shape index (κ1) is 99.1. The van der Waals surface area contributed by atoms with E-state index < -0.39 is 97.5 Å². The van der Waals surface area contributed by atoms with Gasteiger partial charge in [-0.1, -0.05) is 376 Å². The summed E-state index contributed by atoms with van der Waals surface area (Å²) >= 11 is 0. The molecule has 0 aromatic rings. The van der Waals surface area contributed by atoms with E-state index in [0.717, 1.165) is 120 Å². The summed E-state index contributed by atoms with van der Waals surface area (Å²) in [6.45, 7) is 12.0. The molecule has 0 aromatic carbocycles. The van der Waals surface area contributed by atoms with Crippen LogP contribution in [0.5, 0.6) is 0 Å². The van der Waals surface area contributed by atoms with Crippen molar-refractivity contribution >= 4 is 39.5 Å². The van der Waals surface area contributed by atoms with Gasteiger partial charge in [0.05, 0.1) is 26.4 Å². The van der Waals surface area contributed by atoms with Gasteiger partial charge in [-0.05, 0) is 43.4 Å². The topological polar surface area (TPSA) is 237 Å². The number of ether oxygens (including phenoxy) is 4. The summed E-state index contributed by atoms with van der Waals surface area (Å²) in [7, 11) is -9.91. The smallest absolute Gasteiger partial charge is 0.462 e. The lowest BCUT2D eigenvalue weighted by molar-refractivity contribution is -0.161. The molecule has 6 atom stereocenters. The molecule has 3 N–H and O–H groups in total. The molecule has 0 aliphatic carbocycles. The number of phosphoric acid groups is 2. The molecule has 0 saturated carbocycles. The normalized spacial score (nSPS) is 14.2. The zero-order chi connectivity index (χ0) is 74.4. The van der Waals surface area contributed by atoms with Crippen LogP contribution in [-0.2, 0) is 65.4 Å². The van der Waals surface area contributed by atoms with E-state index in [1.165, 1.54) is 225 Å². The number of hydrogen-bond acceptors (Lipinski definition) is 15. The lowest BCUT2D eigenvalue weighted by Gasteiger charge is -2.21. The third-order valence-electron chi connectivity index (χ3n) is 19.5. The number of hydrogen-bond donors (Lipinski definition) is 3. The van der Waals surface area contributed by atoms with Crippen molar-refractivity contribution in [2.75, 3.05) is 39.6 Å². The second kappa shape index (κ2) is 72.3. The number of esters is 4. The molecule has 0 aliphatic rings. The summed E-state index contributed by atoms with van der Waals surface area (Å²) in [5.74, 6) is 0.296. The van der Waals surface area contributed by atoms with Crippen LogP contribution in [0.15, 0.2) is 0 Å². The molecule has 0 radical (unpaired) electrons. The first-order valence-electron chi connectivity index (χ1n) is 42.4. The van der Waals surface area contributed by atoms with E-state index in [1.807, 2.05) is 0 Å². The summed E-state index contributed by atoms with van der Waals surface area (Å²) in [6, 6.07) is 0.